The molecule has 23 heavy (non-hydrogen) atoms. The van der Waals surface area contributed by atoms with Gasteiger partial charge in [-0.3, -0.25) is 4.79 Å². The highest BCUT2D eigenvalue weighted by atomic mass is 35.5. The Hall–Kier alpha value is -2.04. The summed E-state index contributed by atoms with van der Waals surface area (Å²) >= 11 is 0. The highest BCUT2D eigenvalue weighted by Gasteiger charge is 2.19. The Balaban J connectivity index is 0.00000264. The summed E-state index contributed by atoms with van der Waals surface area (Å²) in [4.78, 5) is 14.7. The SMILES string of the molecule is COc1ccccc1C(=O)N(CCCN)Cc1ccccc1.Cl. The molecule has 0 radical (unpaired) electrons. The van der Waals surface area contributed by atoms with Crippen molar-refractivity contribution in [3.05, 3.63) is 65.7 Å². The molecule has 0 atom stereocenters. The van der Waals surface area contributed by atoms with Gasteiger partial charge in [0.25, 0.3) is 5.91 Å². The second-order valence-electron chi connectivity index (χ2n) is 5.05. The number of hydrogen-bond acceptors (Lipinski definition) is 3. The van der Waals surface area contributed by atoms with Crippen LogP contribution in [0.4, 0.5) is 0 Å². The van der Waals surface area contributed by atoms with Crippen LogP contribution in [0.5, 0.6) is 5.75 Å². The van der Waals surface area contributed by atoms with Crippen molar-refractivity contribution in [3.63, 3.8) is 0 Å². The summed E-state index contributed by atoms with van der Waals surface area (Å²) in [6, 6.07) is 17.3. The van der Waals surface area contributed by atoms with Crippen LogP contribution in [0.2, 0.25) is 0 Å². The zero-order chi connectivity index (χ0) is 15.8. The largest absolute Gasteiger partial charge is 0.496 e. The van der Waals surface area contributed by atoms with Gasteiger partial charge in [-0.05, 0) is 30.7 Å². The van der Waals surface area contributed by atoms with E-state index in [0.29, 0.717) is 30.9 Å². The topological polar surface area (TPSA) is 55.6 Å². The molecule has 124 valence electrons. The van der Waals surface area contributed by atoms with Gasteiger partial charge in [-0.1, -0.05) is 42.5 Å². The van der Waals surface area contributed by atoms with Gasteiger partial charge in [-0.25, -0.2) is 0 Å². The molecule has 0 fully saturated rings. The Morgan fingerprint density at radius 3 is 2.39 bits per heavy atom. The van der Waals surface area contributed by atoms with Crippen molar-refractivity contribution in [2.75, 3.05) is 20.2 Å². The minimum atomic E-state index is -0.0326. The highest BCUT2D eigenvalue weighted by Crippen LogP contribution is 2.20. The third-order valence-corrected chi connectivity index (χ3v) is 3.47. The zero-order valence-electron chi connectivity index (χ0n) is 13.3. The van der Waals surface area contributed by atoms with E-state index in [1.165, 1.54) is 0 Å². The monoisotopic (exact) mass is 334 g/mol. The first-order chi connectivity index (χ1) is 10.8. The first kappa shape index (κ1) is 19.0. The zero-order valence-corrected chi connectivity index (χ0v) is 14.1. The number of amides is 1. The fourth-order valence-electron chi connectivity index (χ4n) is 2.33. The number of halogens is 1. The summed E-state index contributed by atoms with van der Waals surface area (Å²) < 4.78 is 5.30. The van der Waals surface area contributed by atoms with Crippen molar-refractivity contribution in [3.8, 4) is 5.75 Å². The summed E-state index contributed by atoms with van der Waals surface area (Å²) in [5, 5.41) is 0. The number of carbonyl (C=O) groups excluding carboxylic acids is 1. The minimum Gasteiger partial charge on any atom is -0.496 e. The van der Waals surface area contributed by atoms with Crippen LogP contribution in [0.3, 0.4) is 0 Å². The Kier molecular flexibility index (Phi) is 8.16. The number of rotatable bonds is 7. The fraction of sp³-hybridized carbons (Fsp3) is 0.278. The first-order valence-electron chi connectivity index (χ1n) is 7.42. The molecule has 0 aliphatic carbocycles. The van der Waals surface area contributed by atoms with Crippen LogP contribution >= 0.6 is 12.4 Å². The number of methoxy groups -OCH3 is 1. The molecule has 4 nitrogen and oxygen atoms in total. The number of nitrogens with two attached hydrogens (primary N) is 1. The van der Waals surface area contributed by atoms with Gasteiger partial charge in [0, 0.05) is 13.1 Å². The van der Waals surface area contributed by atoms with Crippen molar-refractivity contribution in [1.82, 2.24) is 4.90 Å². The first-order valence-corrected chi connectivity index (χ1v) is 7.42. The molecule has 0 aliphatic rings. The lowest BCUT2D eigenvalue weighted by Gasteiger charge is -2.23. The molecular weight excluding hydrogens is 312 g/mol. The number of benzene rings is 2. The van der Waals surface area contributed by atoms with Crippen LogP contribution in [0, 0.1) is 0 Å². The van der Waals surface area contributed by atoms with Crippen molar-refractivity contribution in [2.24, 2.45) is 5.73 Å². The molecule has 2 rings (SSSR count). The predicted octanol–water partition coefficient (Wildman–Crippen LogP) is 3.11. The van der Waals surface area contributed by atoms with Crippen molar-refractivity contribution in [2.45, 2.75) is 13.0 Å². The van der Waals surface area contributed by atoms with Crippen LogP contribution in [-0.4, -0.2) is 31.0 Å². The number of carbonyl (C=O) groups is 1. The molecular formula is C18H23ClN2O2. The van der Waals surface area contributed by atoms with Crippen molar-refractivity contribution < 1.29 is 9.53 Å². The minimum absolute atomic E-state index is 0. The summed E-state index contributed by atoms with van der Waals surface area (Å²) in [6.45, 7) is 1.75. The van der Waals surface area contributed by atoms with Crippen LogP contribution in [-0.2, 0) is 6.54 Å². The van der Waals surface area contributed by atoms with Crippen molar-refractivity contribution >= 4 is 18.3 Å². The maximum Gasteiger partial charge on any atom is 0.257 e. The van der Waals surface area contributed by atoms with Crippen LogP contribution in [0.25, 0.3) is 0 Å². The molecule has 0 unspecified atom stereocenters. The maximum absolute atomic E-state index is 12.8. The molecule has 5 heteroatoms. The van der Waals surface area contributed by atoms with Crippen LogP contribution < -0.4 is 10.5 Å². The maximum atomic E-state index is 12.8. The molecule has 0 aliphatic heterocycles. The van der Waals surface area contributed by atoms with Gasteiger partial charge in [-0.15, -0.1) is 12.4 Å². The molecule has 0 aromatic heterocycles. The number of para-hydroxylation sites is 1. The van der Waals surface area contributed by atoms with E-state index in [9.17, 15) is 4.79 Å². The van der Waals surface area contributed by atoms with Gasteiger partial charge in [0.05, 0.1) is 12.7 Å². The quantitative estimate of drug-likeness (QED) is 0.846. The average molecular weight is 335 g/mol. The summed E-state index contributed by atoms with van der Waals surface area (Å²) in [7, 11) is 1.58. The molecule has 1 amide bonds. The lowest BCUT2D eigenvalue weighted by molar-refractivity contribution is 0.0739. The number of ether oxygens (including phenoxy) is 1. The summed E-state index contributed by atoms with van der Waals surface area (Å²) in [6.07, 6.45) is 0.772. The van der Waals surface area contributed by atoms with Gasteiger partial charge >= 0.3 is 0 Å². The number of nitrogens with zero attached hydrogens (tertiary/aromatic N) is 1. The Morgan fingerprint density at radius 1 is 1.09 bits per heavy atom. The van der Waals surface area contributed by atoms with Gasteiger partial charge in [0.15, 0.2) is 0 Å². The highest BCUT2D eigenvalue weighted by molar-refractivity contribution is 5.96. The number of hydrogen-bond donors (Lipinski definition) is 1. The lowest BCUT2D eigenvalue weighted by Crippen LogP contribution is -2.32. The predicted molar refractivity (Wildman–Crippen MR) is 95.1 cm³/mol. The Bertz CT molecular complexity index is 605. The summed E-state index contributed by atoms with van der Waals surface area (Å²) in [5.74, 6) is 0.563. The van der Waals surface area contributed by atoms with E-state index in [0.717, 1.165) is 12.0 Å². The van der Waals surface area contributed by atoms with E-state index in [1.807, 2.05) is 47.4 Å². The van der Waals surface area contributed by atoms with E-state index in [4.69, 9.17) is 10.5 Å². The standard InChI is InChI=1S/C18H22N2O2.ClH/c1-22-17-11-6-5-10-16(17)18(21)20(13-7-12-19)14-15-8-3-2-4-9-15;/h2-6,8-11H,7,12-14,19H2,1H3;1H. The second-order valence-corrected chi connectivity index (χ2v) is 5.05. The molecule has 2 aromatic rings. The van der Waals surface area contributed by atoms with E-state index in [-0.39, 0.29) is 18.3 Å². The normalized spacial score (nSPS) is 9.83. The second kappa shape index (κ2) is 9.87. The van der Waals surface area contributed by atoms with Crippen molar-refractivity contribution in [1.29, 1.82) is 0 Å². The molecule has 0 spiro atoms. The van der Waals surface area contributed by atoms with Gasteiger partial charge in [-0.2, -0.15) is 0 Å². The Morgan fingerprint density at radius 2 is 1.74 bits per heavy atom. The summed E-state index contributed by atoms with van der Waals surface area (Å²) in [5.41, 5.74) is 7.28. The van der Waals surface area contributed by atoms with Gasteiger partial charge < -0.3 is 15.4 Å². The third-order valence-electron chi connectivity index (χ3n) is 3.47. The van der Waals surface area contributed by atoms with Crippen LogP contribution in [0.15, 0.2) is 54.6 Å². The molecule has 0 heterocycles. The van der Waals surface area contributed by atoms with Crippen LogP contribution in [0.1, 0.15) is 22.3 Å². The van der Waals surface area contributed by atoms with E-state index < -0.39 is 0 Å². The molecule has 0 saturated heterocycles. The molecule has 0 bridgehead atoms. The molecule has 2 aromatic carbocycles. The van der Waals surface area contributed by atoms with E-state index >= 15 is 0 Å². The smallest absolute Gasteiger partial charge is 0.257 e. The van der Waals surface area contributed by atoms with Gasteiger partial charge in [0.2, 0.25) is 0 Å². The molecule has 0 saturated carbocycles. The molecule has 2 N–H and O–H groups in total. The third kappa shape index (κ3) is 5.27. The van der Waals surface area contributed by atoms with E-state index in [1.54, 1.807) is 19.2 Å². The Labute approximate surface area is 143 Å². The van der Waals surface area contributed by atoms with Gasteiger partial charge in [0.1, 0.15) is 5.75 Å². The average Bonchev–Trinajstić information content (AvgIpc) is 2.58. The van der Waals surface area contributed by atoms with E-state index in [2.05, 4.69) is 0 Å². The lowest BCUT2D eigenvalue weighted by atomic mass is 10.1. The fourth-order valence-corrected chi connectivity index (χ4v) is 2.33.